The smallest absolute Gasteiger partial charge is 0.221 e. The van der Waals surface area contributed by atoms with E-state index < -0.39 is 0 Å². The number of rotatable bonds is 4. The van der Waals surface area contributed by atoms with Gasteiger partial charge in [-0.2, -0.15) is 4.68 Å². The molecule has 124 valence electrons. The first-order valence-electron chi connectivity index (χ1n) is 7.94. The van der Waals surface area contributed by atoms with Crippen LogP contribution in [0.15, 0.2) is 40.6 Å². The van der Waals surface area contributed by atoms with E-state index in [1.165, 1.54) is 11.8 Å². The van der Waals surface area contributed by atoms with Gasteiger partial charge < -0.3 is 9.88 Å². The van der Waals surface area contributed by atoms with Crippen molar-refractivity contribution in [3.05, 3.63) is 36.2 Å². The summed E-state index contributed by atoms with van der Waals surface area (Å²) in [5.41, 5.74) is 0.922. The lowest BCUT2D eigenvalue weighted by Crippen LogP contribution is -2.27. The number of benzene rings is 1. The summed E-state index contributed by atoms with van der Waals surface area (Å²) in [6, 6.07) is 9.83. The number of hydrogen-bond donors (Lipinski definition) is 1. The van der Waals surface area contributed by atoms with Gasteiger partial charge in [0.2, 0.25) is 5.16 Å². The van der Waals surface area contributed by atoms with Crippen LogP contribution in [0.5, 0.6) is 0 Å². The highest BCUT2D eigenvalue weighted by atomic mass is 32.2. The van der Waals surface area contributed by atoms with E-state index in [1.807, 2.05) is 37.4 Å². The fraction of sp³-hybridized carbons (Fsp3) is 0.400. The Labute approximate surface area is 143 Å². The molecule has 3 aromatic rings. The van der Waals surface area contributed by atoms with Crippen LogP contribution in [-0.4, -0.2) is 48.1 Å². The second-order valence-electron chi connectivity index (χ2n) is 5.73. The van der Waals surface area contributed by atoms with E-state index in [-0.39, 0.29) is 0 Å². The molecule has 2 aromatic heterocycles. The van der Waals surface area contributed by atoms with Gasteiger partial charge in [-0.15, -0.1) is 15.3 Å². The van der Waals surface area contributed by atoms with Crippen molar-refractivity contribution >= 4 is 11.8 Å². The summed E-state index contributed by atoms with van der Waals surface area (Å²) in [6.07, 6.45) is 2.19. The number of nitrogens with zero attached hydrogens (tertiary/aromatic N) is 7. The lowest BCUT2D eigenvalue weighted by molar-refractivity contribution is 0.434. The summed E-state index contributed by atoms with van der Waals surface area (Å²) in [4.78, 5) is 0. The van der Waals surface area contributed by atoms with E-state index in [9.17, 15) is 0 Å². The van der Waals surface area contributed by atoms with E-state index in [0.717, 1.165) is 42.6 Å². The molecule has 24 heavy (non-hydrogen) atoms. The zero-order valence-corrected chi connectivity index (χ0v) is 14.1. The van der Waals surface area contributed by atoms with Crippen LogP contribution in [0.3, 0.4) is 0 Å². The first-order chi connectivity index (χ1) is 11.8. The van der Waals surface area contributed by atoms with E-state index in [2.05, 4.69) is 35.6 Å². The molecule has 0 radical (unpaired) electrons. The van der Waals surface area contributed by atoms with Crippen LogP contribution in [0.2, 0.25) is 0 Å². The van der Waals surface area contributed by atoms with Crippen molar-refractivity contribution in [3.63, 3.8) is 0 Å². The zero-order valence-electron chi connectivity index (χ0n) is 13.3. The molecule has 0 bridgehead atoms. The van der Waals surface area contributed by atoms with Crippen molar-refractivity contribution in [1.29, 1.82) is 0 Å². The van der Waals surface area contributed by atoms with E-state index in [0.29, 0.717) is 11.1 Å². The van der Waals surface area contributed by atoms with Gasteiger partial charge in [0, 0.05) is 13.0 Å². The number of nitrogens with one attached hydrogen (secondary N) is 1. The molecule has 0 aliphatic carbocycles. The molecular weight excluding hydrogens is 324 g/mol. The van der Waals surface area contributed by atoms with Crippen molar-refractivity contribution in [2.45, 2.75) is 29.1 Å². The van der Waals surface area contributed by atoms with Crippen LogP contribution in [0, 0.1) is 0 Å². The number of para-hydroxylation sites is 1. The normalized spacial score (nSPS) is 15.7. The summed E-state index contributed by atoms with van der Waals surface area (Å²) in [7, 11) is 2.01. The minimum absolute atomic E-state index is 0.461. The molecule has 0 spiro atoms. The Morgan fingerprint density at radius 2 is 1.83 bits per heavy atom. The molecule has 0 unspecified atom stereocenters. The highest BCUT2D eigenvalue weighted by Gasteiger charge is 2.23. The minimum Gasteiger partial charge on any atom is -0.317 e. The topological polar surface area (TPSA) is 86.3 Å². The first kappa shape index (κ1) is 15.3. The van der Waals surface area contributed by atoms with Gasteiger partial charge in [-0.25, -0.2) is 0 Å². The molecule has 1 saturated heterocycles. The predicted molar refractivity (Wildman–Crippen MR) is 89.1 cm³/mol. The average Bonchev–Trinajstić information content (AvgIpc) is 3.24. The maximum Gasteiger partial charge on any atom is 0.221 e. The highest BCUT2D eigenvalue weighted by Crippen LogP contribution is 2.29. The van der Waals surface area contributed by atoms with Crippen molar-refractivity contribution in [3.8, 4) is 5.69 Å². The molecular formula is C15H18N8S. The molecule has 1 aromatic carbocycles. The van der Waals surface area contributed by atoms with Crippen molar-refractivity contribution in [1.82, 2.24) is 40.3 Å². The molecule has 1 aliphatic heterocycles. The van der Waals surface area contributed by atoms with Gasteiger partial charge in [0.15, 0.2) is 5.16 Å². The molecule has 9 heteroatoms. The Hall–Kier alpha value is -2.26. The van der Waals surface area contributed by atoms with E-state index >= 15 is 0 Å². The van der Waals surface area contributed by atoms with Gasteiger partial charge in [-0.05, 0) is 60.3 Å². The lowest BCUT2D eigenvalue weighted by Gasteiger charge is -2.21. The third kappa shape index (κ3) is 2.92. The van der Waals surface area contributed by atoms with Crippen LogP contribution < -0.4 is 5.32 Å². The number of piperidine rings is 1. The molecule has 0 amide bonds. The standard InChI is InChI=1S/C15H18N8S/c1-22-13(11-7-9-16-10-8-11)17-18-14(22)24-15-19-20-21-23(15)12-5-3-2-4-6-12/h2-6,11,16H,7-10H2,1H3. The molecule has 1 N–H and O–H groups in total. The maximum absolute atomic E-state index is 4.41. The maximum atomic E-state index is 4.41. The third-order valence-corrected chi connectivity index (χ3v) is 5.17. The largest absolute Gasteiger partial charge is 0.317 e. The van der Waals surface area contributed by atoms with Gasteiger partial charge in [-0.3, -0.25) is 0 Å². The van der Waals surface area contributed by atoms with Crippen molar-refractivity contribution in [2.75, 3.05) is 13.1 Å². The average molecular weight is 342 g/mol. The number of tetrazole rings is 1. The van der Waals surface area contributed by atoms with Gasteiger partial charge in [0.25, 0.3) is 0 Å². The lowest BCUT2D eigenvalue weighted by atomic mass is 9.97. The second-order valence-corrected chi connectivity index (χ2v) is 6.67. The van der Waals surface area contributed by atoms with E-state index in [1.54, 1.807) is 4.68 Å². The van der Waals surface area contributed by atoms with Gasteiger partial charge in [0.1, 0.15) is 5.82 Å². The molecule has 1 fully saturated rings. The Morgan fingerprint density at radius 3 is 2.62 bits per heavy atom. The quantitative estimate of drug-likeness (QED) is 0.767. The number of hydrogen-bond acceptors (Lipinski definition) is 7. The van der Waals surface area contributed by atoms with Crippen LogP contribution in [-0.2, 0) is 7.05 Å². The molecule has 0 saturated carbocycles. The summed E-state index contributed by atoms with van der Waals surface area (Å²) >= 11 is 1.43. The monoisotopic (exact) mass is 342 g/mol. The summed E-state index contributed by atoms with van der Waals surface area (Å²) in [5.74, 6) is 1.50. The van der Waals surface area contributed by atoms with Crippen LogP contribution in [0.4, 0.5) is 0 Å². The molecule has 3 heterocycles. The molecule has 8 nitrogen and oxygen atoms in total. The Balaban J connectivity index is 1.59. The Bertz CT molecular complexity index is 806. The second kappa shape index (κ2) is 6.70. The highest BCUT2D eigenvalue weighted by molar-refractivity contribution is 7.99. The molecule has 0 atom stereocenters. The fourth-order valence-corrected chi connectivity index (χ4v) is 3.69. The summed E-state index contributed by atoms with van der Waals surface area (Å²) in [5, 5.41) is 25.6. The number of aromatic nitrogens is 7. The summed E-state index contributed by atoms with van der Waals surface area (Å²) < 4.78 is 3.77. The predicted octanol–water partition coefficient (Wildman–Crippen LogP) is 1.41. The van der Waals surface area contributed by atoms with Gasteiger partial charge in [-0.1, -0.05) is 18.2 Å². The molecule has 1 aliphatic rings. The Kier molecular flexibility index (Phi) is 4.26. The Morgan fingerprint density at radius 1 is 1.04 bits per heavy atom. The first-order valence-corrected chi connectivity index (χ1v) is 8.76. The van der Waals surface area contributed by atoms with Gasteiger partial charge in [0.05, 0.1) is 5.69 Å². The van der Waals surface area contributed by atoms with Crippen molar-refractivity contribution in [2.24, 2.45) is 7.05 Å². The molecule has 4 rings (SSSR count). The van der Waals surface area contributed by atoms with Crippen LogP contribution >= 0.6 is 11.8 Å². The van der Waals surface area contributed by atoms with Gasteiger partial charge >= 0.3 is 0 Å². The minimum atomic E-state index is 0.461. The zero-order chi connectivity index (χ0) is 16.4. The van der Waals surface area contributed by atoms with Crippen LogP contribution in [0.1, 0.15) is 24.6 Å². The van der Waals surface area contributed by atoms with Crippen LogP contribution in [0.25, 0.3) is 5.69 Å². The third-order valence-electron chi connectivity index (χ3n) is 4.20. The fourth-order valence-electron chi connectivity index (χ4n) is 2.91. The van der Waals surface area contributed by atoms with E-state index in [4.69, 9.17) is 0 Å². The van der Waals surface area contributed by atoms with Crippen molar-refractivity contribution < 1.29 is 0 Å². The SMILES string of the molecule is Cn1c(Sc2nnnn2-c2ccccc2)nnc1C1CCNCC1. The summed E-state index contributed by atoms with van der Waals surface area (Å²) in [6.45, 7) is 2.07.